The number of benzene rings is 2. The van der Waals surface area contributed by atoms with E-state index in [1.54, 1.807) is 23.4 Å². The van der Waals surface area contributed by atoms with E-state index in [0.717, 1.165) is 16.7 Å². The first-order valence-electron chi connectivity index (χ1n) is 10.3. The maximum atomic E-state index is 13.4. The lowest BCUT2D eigenvalue weighted by Crippen LogP contribution is -2.46. The summed E-state index contributed by atoms with van der Waals surface area (Å²) >= 11 is 0. The molecular weight excluding hydrogens is 424 g/mol. The number of nitro benzene ring substituents is 1. The van der Waals surface area contributed by atoms with Crippen molar-refractivity contribution in [2.45, 2.75) is 20.0 Å². The maximum Gasteiger partial charge on any atom is 0.271 e. The second-order valence-electron chi connectivity index (χ2n) is 7.72. The molecule has 0 saturated carbocycles. The second-order valence-corrected chi connectivity index (χ2v) is 7.72. The highest BCUT2D eigenvalue weighted by molar-refractivity contribution is 6.02. The lowest BCUT2D eigenvalue weighted by atomic mass is 10.1. The Morgan fingerprint density at radius 1 is 1.18 bits per heavy atom. The van der Waals surface area contributed by atoms with Crippen molar-refractivity contribution in [3.63, 3.8) is 0 Å². The van der Waals surface area contributed by atoms with Crippen LogP contribution in [0.25, 0.3) is 0 Å². The molecule has 9 nitrogen and oxygen atoms in total. The third-order valence-corrected chi connectivity index (χ3v) is 5.46. The molecule has 0 radical (unpaired) electrons. The van der Waals surface area contributed by atoms with Gasteiger partial charge in [0.25, 0.3) is 11.6 Å². The minimum atomic E-state index is -0.549. The van der Waals surface area contributed by atoms with Gasteiger partial charge in [0.05, 0.1) is 10.6 Å². The SMILES string of the molecule is Cc1ccccc1CN(Cc1cccnc1)C(=O)CN1C(=O)COc2ccc([N+](=O)[O-])cc21. The molecule has 1 aliphatic heterocycles. The average molecular weight is 446 g/mol. The van der Waals surface area contributed by atoms with Gasteiger partial charge in [-0.2, -0.15) is 0 Å². The Labute approximate surface area is 190 Å². The van der Waals surface area contributed by atoms with E-state index in [1.165, 1.54) is 23.1 Å². The molecule has 4 rings (SSSR count). The van der Waals surface area contributed by atoms with Crippen LogP contribution in [-0.4, -0.2) is 39.8 Å². The van der Waals surface area contributed by atoms with E-state index in [-0.39, 0.29) is 30.4 Å². The predicted molar refractivity (Wildman–Crippen MR) is 121 cm³/mol. The average Bonchev–Trinajstić information content (AvgIpc) is 2.82. The summed E-state index contributed by atoms with van der Waals surface area (Å²) in [4.78, 5) is 43.8. The van der Waals surface area contributed by atoms with E-state index in [0.29, 0.717) is 18.8 Å². The van der Waals surface area contributed by atoms with Gasteiger partial charge in [-0.1, -0.05) is 30.3 Å². The van der Waals surface area contributed by atoms with Crippen molar-refractivity contribution in [2.24, 2.45) is 0 Å². The summed E-state index contributed by atoms with van der Waals surface area (Å²) in [5, 5.41) is 11.2. The molecule has 0 fully saturated rings. The molecule has 2 amide bonds. The van der Waals surface area contributed by atoms with E-state index >= 15 is 0 Å². The van der Waals surface area contributed by atoms with E-state index in [1.807, 2.05) is 37.3 Å². The van der Waals surface area contributed by atoms with Crippen LogP contribution >= 0.6 is 0 Å². The fourth-order valence-electron chi connectivity index (χ4n) is 3.65. The summed E-state index contributed by atoms with van der Waals surface area (Å²) in [5.74, 6) is -0.408. The van der Waals surface area contributed by atoms with Gasteiger partial charge < -0.3 is 9.64 Å². The van der Waals surface area contributed by atoms with Gasteiger partial charge in [-0.3, -0.25) is 29.6 Å². The number of pyridine rings is 1. The Morgan fingerprint density at radius 2 is 2.00 bits per heavy atom. The number of carbonyl (C=O) groups is 2. The fourth-order valence-corrected chi connectivity index (χ4v) is 3.65. The van der Waals surface area contributed by atoms with Crippen molar-refractivity contribution in [3.05, 3.63) is 93.8 Å². The Hall–Kier alpha value is -4.27. The quantitative estimate of drug-likeness (QED) is 0.407. The largest absolute Gasteiger partial charge is 0.482 e. The molecule has 0 saturated heterocycles. The summed E-state index contributed by atoms with van der Waals surface area (Å²) in [7, 11) is 0. The molecule has 33 heavy (non-hydrogen) atoms. The normalized spacial score (nSPS) is 12.6. The minimum absolute atomic E-state index is 0.184. The zero-order valence-corrected chi connectivity index (χ0v) is 18.0. The zero-order valence-electron chi connectivity index (χ0n) is 18.0. The summed E-state index contributed by atoms with van der Waals surface area (Å²) < 4.78 is 5.40. The number of ether oxygens (including phenoxy) is 1. The molecule has 168 valence electrons. The Morgan fingerprint density at radius 3 is 2.73 bits per heavy atom. The number of hydrogen-bond donors (Lipinski definition) is 0. The van der Waals surface area contributed by atoms with Crippen molar-refractivity contribution < 1.29 is 19.2 Å². The van der Waals surface area contributed by atoms with Crippen LogP contribution in [0.5, 0.6) is 5.75 Å². The number of anilines is 1. The minimum Gasteiger partial charge on any atom is -0.482 e. The molecule has 0 bridgehead atoms. The number of amides is 2. The highest BCUT2D eigenvalue weighted by atomic mass is 16.6. The highest BCUT2D eigenvalue weighted by Gasteiger charge is 2.30. The van der Waals surface area contributed by atoms with E-state index in [9.17, 15) is 19.7 Å². The van der Waals surface area contributed by atoms with Gasteiger partial charge in [0.1, 0.15) is 12.3 Å². The third kappa shape index (κ3) is 4.98. The van der Waals surface area contributed by atoms with Crippen molar-refractivity contribution in [2.75, 3.05) is 18.1 Å². The molecule has 0 unspecified atom stereocenters. The lowest BCUT2D eigenvalue weighted by molar-refractivity contribution is -0.384. The second kappa shape index (κ2) is 9.47. The number of non-ortho nitro benzene ring substituents is 1. The lowest BCUT2D eigenvalue weighted by Gasteiger charge is -2.31. The predicted octanol–water partition coefficient (Wildman–Crippen LogP) is 3.25. The van der Waals surface area contributed by atoms with Crippen LogP contribution in [0.3, 0.4) is 0 Å². The smallest absolute Gasteiger partial charge is 0.271 e. The molecule has 0 aliphatic carbocycles. The Balaban J connectivity index is 1.62. The Kier molecular flexibility index (Phi) is 6.30. The summed E-state index contributed by atoms with van der Waals surface area (Å²) in [6.07, 6.45) is 3.35. The van der Waals surface area contributed by atoms with Gasteiger partial charge in [0.15, 0.2) is 6.61 Å². The van der Waals surface area contributed by atoms with Crippen molar-refractivity contribution in [1.29, 1.82) is 0 Å². The van der Waals surface area contributed by atoms with Crippen LogP contribution in [0.4, 0.5) is 11.4 Å². The molecule has 1 aromatic heterocycles. The van der Waals surface area contributed by atoms with Gasteiger partial charge in [-0.05, 0) is 35.7 Å². The van der Waals surface area contributed by atoms with Crippen LogP contribution in [-0.2, 0) is 22.7 Å². The van der Waals surface area contributed by atoms with Crippen LogP contribution < -0.4 is 9.64 Å². The molecule has 1 aliphatic rings. The molecule has 2 aromatic carbocycles. The van der Waals surface area contributed by atoms with E-state index in [4.69, 9.17) is 4.74 Å². The zero-order chi connectivity index (χ0) is 23.4. The molecule has 2 heterocycles. The van der Waals surface area contributed by atoms with Crippen LogP contribution in [0.15, 0.2) is 67.0 Å². The number of fused-ring (bicyclic) bond motifs is 1. The monoisotopic (exact) mass is 446 g/mol. The molecule has 0 spiro atoms. The molecule has 3 aromatic rings. The molecule has 0 atom stereocenters. The first-order valence-corrected chi connectivity index (χ1v) is 10.3. The van der Waals surface area contributed by atoms with E-state index in [2.05, 4.69) is 4.98 Å². The van der Waals surface area contributed by atoms with Crippen LogP contribution in [0, 0.1) is 17.0 Å². The number of rotatable bonds is 7. The van der Waals surface area contributed by atoms with Gasteiger partial charge in [0, 0.05) is 37.6 Å². The number of nitrogens with zero attached hydrogens (tertiary/aromatic N) is 4. The standard InChI is InChI=1S/C24H22N4O5/c1-17-5-2-3-7-19(17)14-26(13-18-6-4-10-25-12-18)23(29)15-27-21-11-20(28(31)32)8-9-22(21)33-16-24(27)30/h2-12H,13-16H2,1H3. The number of nitro groups is 1. The molecular formula is C24H22N4O5. The molecule has 0 N–H and O–H groups in total. The van der Waals surface area contributed by atoms with Crippen molar-refractivity contribution in [3.8, 4) is 5.75 Å². The Bertz CT molecular complexity index is 1200. The summed E-state index contributed by atoms with van der Waals surface area (Å²) in [5.41, 5.74) is 2.91. The van der Waals surface area contributed by atoms with Crippen molar-refractivity contribution in [1.82, 2.24) is 9.88 Å². The van der Waals surface area contributed by atoms with Gasteiger partial charge >= 0.3 is 0 Å². The number of carbonyl (C=O) groups excluding carboxylic acids is 2. The summed E-state index contributed by atoms with van der Waals surface area (Å²) in [6, 6.07) is 15.5. The van der Waals surface area contributed by atoms with Gasteiger partial charge in [-0.15, -0.1) is 0 Å². The fraction of sp³-hybridized carbons (Fsp3) is 0.208. The van der Waals surface area contributed by atoms with Gasteiger partial charge in [0.2, 0.25) is 5.91 Å². The maximum absolute atomic E-state index is 13.4. The summed E-state index contributed by atoms with van der Waals surface area (Å²) in [6.45, 7) is 2.13. The topological polar surface area (TPSA) is 106 Å². The van der Waals surface area contributed by atoms with Crippen LogP contribution in [0.1, 0.15) is 16.7 Å². The number of aromatic nitrogens is 1. The van der Waals surface area contributed by atoms with Gasteiger partial charge in [-0.25, -0.2) is 0 Å². The number of aryl methyl sites for hydroxylation is 1. The highest BCUT2D eigenvalue weighted by Crippen LogP contribution is 2.35. The number of hydrogen-bond acceptors (Lipinski definition) is 6. The molecule has 9 heteroatoms. The first kappa shape index (κ1) is 21.9. The third-order valence-electron chi connectivity index (χ3n) is 5.46. The van der Waals surface area contributed by atoms with Crippen LogP contribution in [0.2, 0.25) is 0 Å². The first-order chi connectivity index (χ1) is 15.9. The van der Waals surface area contributed by atoms with E-state index < -0.39 is 10.8 Å². The van der Waals surface area contributed by atoms with Crippen molar-refractivity contribution >= 4 is 23.2 Å².